The zero-order valence-electron chi connectivity index (χ0n) is 5.26. The van der Waals surface area contributed by atoms with Gasteiger partial charge in [-0.1, -0.05) is 0 Å². The third-order valence-electron chi connectivity index (χ3n) is 1.18. The van der Waals surface area contributed by atoms with Gasteiger partial charge in [-0.25, -0.2) is 4.79 Å². The van der Waals surface area contributed by atoms with Crippen molar-refractivity contribution in [3.63, 3.8) is 0 Å². The number of carboxylic acid groups (broad SMARTS) is 1. The van der Waals surface area contributed by atoms with Crippen LogP contribution in [0.15, 0.2) is 4.79 Å². The van der Waals surface area contributed by atoms with E-state index >= 15 is 0 Å². The monoisotopic (exact) mass is 142 g/mol. The zero-order valence-corrected chi connectivity index (χ0v) is 5.26. The van der Waals surface area contributed by atoms with E-state index in [0.29, 0.717) is 5.69 Å². The molecule has 0 aliphatic rings. The number of aromatic nitrogens is 2. The molecule has 0 bridgehead atoms. The molecule has 0 radical (unpaired) electrons. The number of rotatable bonds is 1. The highest BCUT2D eigenvalue weighted by Crippen LogP contribution is 1.94. The summed E-state index contributed by atoms with van der Waals surface area (Å²) in [6.45, 7) is 1.52. The van der Waals surface area contributed by atoms with Gasteiger partial charge in [-0.05, 0) is 6.92 Å². The summed E-state index contributed by atoms with van der Waals surface area (Å²) in [7, 11) is 0. The Kier molecular flexibility index (Phi) is 1.33. The molecule has 0 saturated heterocycles. The lowest BCUT2D eigenvalue weighted by molar-refractivity contribution is 0.0695. The molecule has 1 aromatic heterocycles. The van der Waals surface area contributed by atoms with Gasteiger partial charge in [-0.15, -0.1) is 0 Å². The van der Waals surface area contributed by atoms with Crippen LogP contribution in [0.25, 0.3) is 0 Å². The van der Waals surface area contributed by atoms with Crippen molar-refractivity contribution in [2.45, 2.75) is 6.92 Å². The summed E-state index contributed by atoms with van der Waals surface area (Å²) in [6, 6.07) is 0. The predicted octanol–water partition coefficient (Wildman–Crippen LogP) is -0.290. The number of aromatic carboxylic acids is 1. The van der Waals surface area contributed by atoms with Crippen molar-refractivity contribution in [3.05, 3.63) is 21.6 Å². The van der Waals surface area contributed by atoms with Gasteiger partial charge >= 0.3 is 5.97 Å². The molecule has 1 rings (SSSR count). The lowest BCUT2D eigenvalue weighted by atomic mass is 10.3. The molecular formula is C5H6N2O3. The van der Waals surface area contributed by atoms with Crippen LogP contribution >= 0.6 is 0 Å². The minimum Gasteiger partial charge on any atom is -0.477 e. The van der Waals surface area contributed by atoms with Crippen LogP contribution in [0, 0.1) is 6.92 Å². The fourth-order valence-corrected chi connectivity index (χ4v) is 0.703. The first-order valence-electron chi connectivity index (χ1n) is 2.63. The van der Waals surface area contributed by atoms with Crippen LogP contribution in [0.5, 0.6) is 0 Å². The maximum absolute atomic E-state index is 10.6. The van der Waals surface area contributed by atoms with Crippen molar-refractivity contribution in [1.82, 2.24) is 10.2 Å². The first kappa shape index (κ1) is 6.60. The first-order chi connectivity index (χ1) is 4.63. The van der Waals surface area contributed by atoms with E-state index in [1.807, 2.05) is 0 Å². The van der Waals surface area contributed by atoms with Crippen LogP contribution in [-0.2, 0) is 0 Å². The lowest BCUT2D eigenvalue weighted by Crippen LogP contribution is -2.12. The molecule has 10 heavy (non-hydrogen) atoms. The fraction of sp³-hybridized carbons (Fsp3) is 0.200. The standard InChI is InChI=1S/C5H6N2O3/c1-2-3(5(9)10)4(8)7-6-2/h1H3,(H,9,10)(H2,6,7,8). The SMILES string of the molecule is Cc1[nH][nH]c(=O)c1C(=O)O. The molecule has 0 unspecified atom stereocenters. The van der Waals surface area contributed by atoms with Gasteiger partial charge in [-0.2, -0.15) is 0 Å². The fourth-order valence-electron chi connectivity index (χ4n) is 0.703. The maximum Gasteiger partial charge on any atom is 0.343 e. The van der Waals surface area contributed by atoms with Crippen molar-refractivity contribution in [3.8, 4) is 0 Å². The van der Waals surface area contributed by atoms with Gasteiger partial charge in [-0.3, -0.25) is 9.89 Å². The van der Waals surface area contributed by atoms with Crippen LogP contribution in [0.1, 0.15) is 16.1 Å². The maximum atomic E-state index is 10.6. The smallest absolute Gasteiger partial charge is 0.343 e. The van der Waals surface area contributed by atoms with Gasteiger partial charge in [0, 0.05) is 5.69 Å². The summed E-state index contributed by atoms with van der Waals surface area (Å²) >= 11 is 0. The quantitative estimate of drug-likeness (QED) is 0.503. The zero-order chi connectivity index (χ0) is 7.72. The van der Waals surface area contributed by atoms with Crippen LogP contribution in [0.3, 0.4) is 0 Å². The van der Waals surface area contributed by atoms with Crippen molar-refractivity contribution in [2.75, 3.05) is 0 Å². The summed E-state index contributed by atoms with van der Waals surface area (Å²) in [5.41, 5.74) is -0.470. The molecule has 1 heterocycles. The second-order valence-electron chi connectivity index (χ2n) is 1.88. The van der Waals surface area contributed by atoms with Gasteiger partial charge in [0.2, 0.25) is 0 Å². The van der Waals surface area contributed by atoms with E-state index in [-0.39, 0.29) is 5.56 Å². The van der Waals surface area contributed by atoms with E-state index in [9.17, 15) is 9.59 Å². The highest BCUT2D eigenvalue weighted by molar-refractivity contribution is 5.88. The molecule has 0 atom stereocenters. The number of aryl methyl sites for hydroxylation is 1. The van der Waals surface area contributed by atoms with Crippen molar-refractivity contribution in [1.29, 1.82) is 0 Å². The number of aromatic amines is 2. The van der Waals surface area contributed by atoms with Gasteiger partial charge in [0.05, 0.1) is 0 Å². The van der Waals surface area contributed by atoms with E-state index in [0.717, 1.165) is 0 Å². The molecule has 5 heteroatoms. The number of nitrogens with one attached hydrogen (secondary N) is 2. The second-order valence-corrected chi connectivity index (χ2v) is 1.88. The van der Waals surface area contributed by atoms with Crippen LogP contribution in [0.4, 0.5) is 0 Å². The molecule has 0 aliphatic heterocycles. The van der Waals surface area contributed by atoms with Gasteiger partial charge in [0.1, 0.15) is 5.56 Å². The molecule has 0 saturated carbocycles. The lowest BCUT2D eigenvalue weighted by Gasteiger charge is -1.84. The van der Waals surface area contributed by atoms with Crippen LogP contribution < -0.4 is 5.56 Å². The molecule has 1 aromatic rings. The summed E-state index contributed by atoms with van der Waals surface area (Å²) in [4.78, 5) is 20.9. The Labute approximate surface area is 55.7 Å². The van der Waals surface area contributed by atoms with Crippen LogP contribution in [0.2, 0.25) is 0 Å². The largest absolute Gasteiger partial charge is 0.477 e. The van der Waals surface area contributed by atoms with Crippen molar-refractivity contribution in [2.24, 2.45) is 0 Å². The molecule has 0 fully saturated rings. The minimum atomic E-state index is -1.21. The third-order valence-corrected chi connectivity index (χ3v) is 1.18. The van der Waals surface area contributed by atoms with Gasteiger partial charge < -0.3 is 10.2 Å². The number of carboxylic acids is 1. The molecule has 0 spiro atoms. The Hall–Kier alpha value is -1.52. The topological polar surface area (TPSA) is 86.0 Å². The molecule has 5 nitrogen and oxygen atoms in total. The summed E-state index contributed by atoms with van der Waals surface area (Å²) in [6.07, 6.45) is 0. The van der Waals surface area contributed by atoms with E-state index in [1.54, 1.807) is 0 Å². The van der Waals surface area contributed by atoms with Gasteiger partial charge in [0.15, 0.2) is 0 Å². The molecule has 3 N–H and O–H groups in total. The average molecular weight is 142 g/mol. The highest BCUT2D eigenvalue weighted by Gasteiger charge is 2.12. The molecule has 0 amide bonds. The van der Waals surface area contributed by atoms with Gasteiger partial charge in [0.25, 0.3) is 5.56 Å². The second kappa shape index (κ2) is 2.02. The van der Waals surface area contributed by atoms with E-state index in [2.05, 4.69) is 10.2 Å². The number of carbonyl (C=O) groups is 1. The summed E-state index contributed by atoms with van der Waals surface area (Å²) in [5, 5.41) is 13.0. The number of hydrogen-bond donors (Lipinski definition) is 3. The average Bonchev–Trinajstić information content (AvgIpc) is 2.11. The number of hydrogen-bond acceptors (Lipinski definition) is 2. The number of H-pyrrole nitrogens is 2. The van der Waals surface area contributed by atoms with E-state index in [4.69, 9.17) is 5.11 Å². The van der Waals surface area contributed by atoms with Crippen LogP contribution in [-0.4, -0.2) is 21.3 Å². The Morgan fingerprint density at radius 2 is 2.10 bits per heavy atom. The molecule has 0 aromatic carbocycles. The Morgan fingerprint density at radius 1 is 1.50 bits per heavy atom. The highest BCUT2D eigenvalue weighted by atomic mass is 16.4. The van der Waals surface area contributed by atoms with E-state index in [1.165, 1.54) is 6.92 Å². The predicted molar refractivity (Wildman–Crippen MR) is 33.1 cm³/mol. The Balaban J connectivity index is 3.37. The van der Waals surface area contributed by atoms with E-state index < -0.39 is 11.5 Å². The summed E-state index contributed by atoms with van der Waals surface area (Å²) in [5.74, 6) is -1.21. The Morgan fingerprint density at radius 3 is 2.30 bits per heavy atom. The normalized spacial score (nSPS) is 9.70. The Bertz CT molecular complexity index is 309. The van der Waals surface area contributed by atoms with Crippen molar-refractivity contribution < 1.29 is 9.90 Å². The first-order valence-corrected chi connectivity index (χ1v) is 2.63. The molecule has 54 valence electrons. The third kappa shape index (κ3) is 0.812. The van der Waals surface area contributed by atoms with Crippen molar-refractivity contribution >= 4 is 5.97 Å². The summed E-state index contributed by atoms with van der Waals surface area (Å²) < 4.78 is 0. The minimum absolute atomic E-state index is 0.222. The molecule has 0 aliphatic carbocycles. The molecular weight excluding hydrogens is 136 g/mol.